The summed E-state index contributed by atoms with van der Waals surface area (Å²) in [6.45, 7) is 0. The van der Waals surface area contributed by atoms with Crippen molar-refractivity contribution in [3.63, 3.8) is 0 Å². The Bertz CT molecular complexity index is 858. The summed E-state index contributed by atoms with van der Waals surface area (Å²) in [6.07, 6.45) is -0.0624. The van der Waals surface area contributed by atoms with Crippen LogP contribution < -0.4 is 25.1 Å². The van der Waals surface area contributed by atoms with E-state index in [0.717, 1.165) is 0 Å². The van der Waals surface area contributed by atoms with Gasteiger partial charge < -0.3 is 14.2 Å². The van der Waals surface area contributed by atoms with Gasteiger partial charge in [-0.2, -0.15) is 0 Å². The summed E-state index contributed by atoms with van der Waals surface area (Å²) in [5.41, 5.74) is 5.33. The minimum Gasteiger partial charge on any atom is -0.493 e. The Kier molecular flexibility index (Phi) is 7.15. The Morgan fingerprint density at radius 1 is 0.926 bits per heavy atom. The summed E-state index contributed by atoms with van der Waals surface area (Å²) in [5.74, 6) is 0.167. The molecule has 0 aromatic heterocycles. The molecule has 2 aromatic carbocycles. The van der Waals surface area contributed by atoms with Gasteiger partial charge in [0.15, 0.2) is 11.5 Å². The van der Waals surface area contributed by atoms with Crippen molar-refractivity contribution in [2.75, 3.05) is 21.3 Å². The summed E-state index contributed by atoms with van der Waals surface area (Å²) in [6, 6.07) is 7.80. The minimum absolute atomic E-state index is 0.0624. The molecule has 0 saturated heterocycles. The number of hydrogen-bond acceptors (Lipinski definition) is 5. The van der Waals surface area contributed by atoms with E-state index in [1.807, 2.05) is 0 Å². The predicted octanol–water partition coefficient (Wildman–Crippen LogP) is 3.02. The average molecular weight is 413 g/mol. The van der Waals surface area contributed by atoms with Crippen LogP contribution in [0.5, 0.6) is 17.2 Å². The van der Waals surface area contributed by atoms with E-state index in [0.29, 0.717) is 27.8 Å². The molecule has 0 spiro atoms. The highest BCUT2D eigenvalue weighted by Gasteiger charge is 2.18. The smallest absolute Gasteiger partial charge is 0.271 e. The van der Waals surface area contributed by atoms with Crippen LogP contribution in [0.3, 0.4) is 0 Å². The Morgan fingerprint density at radius 2 is 1.63 bits per heavy atom. The molecule has 0 aliphatic rings. The first-order chi connectivity index (χ1) is 12.9. The summed E-state index contributed by atoms with van der Waals surface area (Å²) in [5, 5.41) is 0.568. The van der Waals surface area contributed by atoms with E-state index >= 15 is 0 Å². The second kappa shape index (κ2) is 9.34. The van der Waals surface area contributed by atoms with Crippen molar-refractivity contribution < 1.29 is 23.8 Å². The number of carbonyl (C=O) groups is 2. The zero-order chi connectivity index (χ0) is 20.0. The first-order valence-electron chi connectivity index (χ1n) is 7.73. The molecule has 2 amide bonds. The van der Waals surface area contributed by atoms with Crippen molar-refractivity contribution >= 4 is 35.0 Å². The van der Waals surface area contributed by atoms with Gasteiger partial charge in [-0.15, -0.1) is 0 Å². The molecule has 2 N–H and O–H groups in total. The molecule has 144 valence electrons. The van der Waals surface area contributed by atoms with Crippen LogP contribution in [0.2, 0.25) is 10.0 Å². The lowest BCUT2D eigenvalue weighted by atomic mass is 10.1. The Morgan fingerprint density at radius 3 is 2.26 bits per heavy atom. The van der Waals surface area contributed by atoms with Crippen LogP contribution in [0.25, 0.3) is 0 Å². The van der Waals surface area contributed by atoms with E-state index in [2.05, 4.69) is 10.9 Å². The van der Waals surface area contributed by atoms with Gasteiger partial charge in [-0.25, -0.2) is 0 Å². The van der Waals surface area contributed by atoms with Gasteiger partial charge in [-0.05, 0) is 24.3 Å². The molecular weight excluding hydrogens is 395 g/mol. The van der Waals surface area contributed by atoms with Gasteiger partial charge in [0.25, 0.3) is 5.91 Å². The highest BCUT2D eigenvalue weighted by atomic mass is 35.5. The number of rotatable bonds is 6. The molecule has 0 aliphatic heterocycles. The molecule has 0 aliphatic carbocycles. The quantitative estimate of drug-likeness (QED) is 0.712. The Hall–Kier alpha value is -2.64. The van der Waals surface area contributed by atoms with Crippen molar-refractivity contribution in [3.05, 3.63) is 51.5 Å². The fraction of sp³-hybridized carbons (Fsp3) is 0.222. The van der Waals surface area contributed by atoms with Crippen molar-refractivity contribution in [1.82, 2.24) is 10.9 Å². The zero-order valence-electron chi connectivity index (χ0n) is 14.9. The molecule has 0 unspecified atom stereocenters. The average Bonchev–Trinajstić information content (AvgIpc) is 2.67. The van der Waals surface area contributed by atoms with E-state index in [4.69, 9.17) is 37.4 Å². The second-order valence-corrected chi connectivity index (χ2v) is 6.14. The zero-order valence-corrected chi connectivity index (χ0v) is 16.4. The first kappa shape index (κ1) is 20.7. The second-order valence-electron chi connectivity index (χ2n) is 5.30. The van der Waals surface area contributed by atoms with Gasteiger partial charge in [-0.3, -0.25) is 20.4 Å². The van der Waals surface area contributed by atoms with Crippen LogP contribution in [0, 0.1) is 0 Å². The van der Waals surface area contributed by atoms with E-state index < -0.39 is 11.8 Å². The maximum absolute atomic E-state index is 12.2. The number of halogens is 2. The molecule has 0 fully saturated rings. The van der Waals surface area contributed by atoms with E-state index in [-0.39, 0.29) is 17.0 Å². The van der Waals surface area contributed by atoms with Gasteiger partial charge in [-0.1, -0.05) is 29.3 Å². The van der Waals surface area contributed by atoms with Gasteiger partial charge in [0.05, 0.1) is 38.3 Å². The normalized spacial score (nSPS) is 10.1. The lowest BCUT2D eigenvalue weighted by Crippen LogP contribution is -2.42. The van der Waals surface area contributed by atoms with Gasteiger partial charge >= 0.3 is 0 Å². The third kappa shape index (κ3) is 4.96. The number of hydrazine groups is 1. The highest BCUT2D eigenvalue weighted by Crippen LogP contribution is 2.39. The van der Waals surface area contributed by atoms with Crippen LogP contribution >= 0.6 is 23.2 Å². The van der Waals surface area contributed by atoms with Gasteiger partial charge in [0, 0.05) is 10.6 Å². The van der Waals surface area contributed by atoms with E-state index in [1.54, 1.807) is 18.2 Å². The number of ether oxygens (including phenoxy) is 3. The monoisotopic (exact) mass is 412 g/mol. The summed E-state index contributed by atoms with van der Waals surface area (Å²) >= 11 is 11.8. The number of amides is 2. The molecule has 0 radical (unpaired) electrons. The van der Waals surface area contributed by atoms with Crippen molar-refractivity contribution in [2.24, 2.45) is 0 Å². The number of nitrogens with one attached hydrogen (secondary N) is 2. The number of benzene rings is 2. The lowest BCUT2D eigenvalue weighted by Gasteiger charge is -2.15. The molecule has 2 aromatic rings. The van der Waals surface area contributed by atoms with E-state index in [9.17, 15) is 9.59 Å². The summed E-state index contributed by atoms with van der Waals surface area (Å²) in [7, 11) is 4.43. The Balaban J connectivity index is 2.08. The molecule has 2 rings (SSSR count). The number of carbonyl (C=O) groups excluding carboxylic acids is 2. The highest BCUT2D eigenvalue weighted by molar-refractivity contribution is 6.35. The predicted molar refractivity (Wildman–Crippen MR) is 102 cm³/mol. The molecule has 27 heavy (non-hydrogen) atoms. The van der Waals surface area contributed by atoms with Crippen LogP contribution in [0.15, 0.2) is 30.3 Å². The van der Waals surface area contributed by atoms with Crippen LogP contribution in [0.4, 0.5) is 0 Å². The molecule has 0 heterocycles. The van der Waals surface area contributed by atoms with Crippen LogP contribution in [0.1, 0.15) is 15.9 Å². The fourth-order valence-electron chi connectivity index (χ4n) is 2.38. The molecule has 9 heteroatoms. The van der Waals surface area contributed by atoms with Crippen molar-refractivity contribution in [2.45, 2.75) is 6.42 Å². The molecule has 7 nitrogen and oxygen atoms in total. The first-order valence-corrected chi connectivity index (χ1v) is 8.49. The SMILES string of the molecule is COc1ccc(CC(=O)NNC(=O)c2cc(Cl)ccc2Cl)c(OC)c1OC. The summed E-state index contributed by atoms with van der Waals surface area (Å²) < 4.78 is 15.8. The van der Waals surface area contributed by atoms with E-state index in [1.165, 1.54) is 33.5 Å². The number of methoxy groups -OCH3 is 3. The Labute approximate surface area is 166 Å². The van der Waals surface area contributed by atoms with Crippen LogP contribution in [-0.2, 0) is 11.2 Å². The standard InChI is InChI=1S/C18H18Cl2N2O5/c1-25-14-7-4-10(16(26-2)17(14)27-3)8-15(23)21-22-18(24)12-9-11(19)5-6-13(12)20/h4-7,9H,8H2,1-3H3,(H,21,23)(H,22,24). The van der Waals surface area contributed by atoms with Crippen molar-refractivity contribution in [1.29, 1.82) is 0 Å². The maximum atomic E-state index is 12.2. The molecule has 0 saturated carbocycles. The maximum Gasteiger partial charge on any atom is 0.271 e. The van der Waals surface area contributed by atoms with Crippen molar-refractivity contribution in [3.8, 4) is 17.2 Å². The minimum atomic E-state index is -0.588. The summed E-state index contributed by atoms with van der Waals surface area (Å²) in [4.78, 5) is 24.4. The molecule has 0 atom stereocenters. The third-order valence-corrected chi connectivity index (χ3v) is 4.19. The number of hydrogen-bond donors (Lipinski definition) is 2. The topological polar surface area (TPSA) is 85.9 Å². The van der Waals surface area contributed by atoms with Gasteiger partial charge in [0.2, 0.25) is 11.7 Å². The molecular formula is C18H18Cl2N2O5. The van der Waals surface area contributed by atoms with Crippen LogP contribution in [-0.4, -0.2) is 33.1 Å². The largest absolute Gasteiger partial charge is 0.493 e. The third-order valence-electron chi connectivity index (χ3n) is 3.63. The lowest BCUT2D eigenvalue weighted by molar-refractivity contribution is -0.121. The van der Waals surface area contributed by atoms with Gasteiger partial charge in [0.1, 0.15) is 0 Å². The molecule has 0 bridgehead atoms. The fourth-order valence-corrected chi connectivity index (χ4v) is 2.76.